The van der Waals surface area contributed by atoms with Crippen LogP contribution in [0.2, 0.25) is 0 Å². The number of rotatable bonds is 8. The van der Waals surface area contributed by atoms with Crippen LogP contribution in [0.4, 0.5) is 15.8 Å². The number of nitriles is 1. The van der Waals surface area contributed by atoms with Crippen molar-refractivity contribution in [3.05, 3.63) is 98.9 Å². The molecule has 3 rings (SSSR count). The van der Waals surface area contributed by atoms with Gasteiger partial charge >= 0.3 is 0 Å². The Hall–Kier alpha value is -4.71. The Labute approximate surface area is 195 Å². The number of nitro benzene ring substituents is 1. The minimum atomic E-state index is -0.787. The van der Waals surface area contributed by atoms with Crippen LogP contribution < -0.4 is 14.8 Å². The Balaban J connectivity index is 1.79. The van der Waals surface area contributed by atoms with Gasteiger partial charge in [0, 0.05) is 6.07 Å². The molecular weight excluding hydrogens is 441 g/mol. The largest absolute Gasteiger partial charge is 0.493 e. The minimum absolute atomic E-state index is 0.0103. The molecule has 0 aliphatic carbocycles. The molecular formula is C25H20FN3O5. The third-order valence-corrected chi connectivity index (χ3v) is 4.77. The SMILES string of the molecule is COc1cc(/C=C(\C#N)C(=O)Nc2ccc(C)cc2[N+](=O)[O-])ccc1OCc1ccc(F)cc1. The van der Waals surface area contributed by atoms with Crippen molar-refractivity contribution in [2.24, 2.45) is 0 Å². The summed E-state index contributed by atoms with van der Waals surface area (Å²) >= 11 is 0. The molecule has 1 amide bonds. The van der Waals surface area contributed by atoms with Crippen molar-refractivity contribution in [3.63, 3.8) is 0 Å². The number of carbonyl (C=O) groups is 1. The molecule has 3 aromatic carbocycles. The van der Waals surface area contributed by atoms with Crippen molar-refractivity contribution >= 4 is 23.4 Å². The van der Waals surface area contributed by atoms with E-state index in [-0.39, 0.29) is 29.4 Å². The fourth-order valence-corrected chi connectivity index (χ4v) is 3.04. The van der Waals surface area contributed by atoms with E-state index in [0.717, 1.165) is 5.56 Å². The quantitative estimate of drug-likeness (QED) is 0.214. The van der Waals surface area contributed by atoms with Crippen LogP contribution in [-0.4, -0.2) is 17.9 Å². The van der Waals surface area contributed by atoms with Crippen molar-refractivity contribution in [2.75, 3.05) is 12.4 Å². The average Bonchev–Trinajstić information content (AvgIpc) is 2.83. The first-order chi connectivity index (χ1) is 16.3. The molecule has 0 bridgehead atoms. The van der Waals surface area contributed by atoms with Gasteiger partial charge in [-0.25, -0.2) is 4.39 Å². The van der Waals surface area contributed by atoms with Crippen LogP contribution in [0.1, 0.15) is 16.7 Å². The number of methoxy groups -OCH3 is 1. The first-order valence-electron chi connectivity index (χ1n) is 10.0. The molecule has 0 radical (unpaired) electrons. The molecule has 0 unspecified atom stereocenters. The molecule has 9 heteroatoms. The van der Waals surface area contributed by atoms with Crippen LogP contribution in [0.15, 0.2) is 66.2 Å². The Kier molecular flexibility index (Phi) is 7.56. The van der Waals surface area contributed by atoms with E-state index in [1.165, 1.54) is 37.5 Å². The maximum Gasteiger partial charge on any atom is 0.293 e. The summed E-state index contributed by atoms with van der Waals surface area (Å²) in [7, 11) is 1.45. The lowest BCUT2D eigenvalue weighted by Crippen LogP contribution is -2.14. The van der Waals surface area contributed by atoms with E-state index < -0.39 is 10.8 Å². The lowest BCUT2D eigenvalue weighted by molar-refractivity contribution is -0.384. The van der Waals surface area contributed by atoms with E-state index in [4.69, 9.17) is 9.47 Å². The second kappa shape index (κ2) is 10.7. The van der Waals surface area contributed by atoms with Crippen LogP contribution in [0, 0.1) is 34.2 Å². The van der Waals surface area contributed by atoms with E-state index in [9.17, 15) is 24.6 Å². The molecule has 0 spiro atoms. The first-order valence-corrected chi connectivity index (χ1v) is 10.0. The molecule has 34 heavy (non-hydrogen) atoms. The van der Waals surface area contributed by atoms with Crippen LogP contribution in [0.25, 0.3) is 6.08 Å². The summed E-state index contributed by atoms with van der Waals surface area (Å²) in [5.74, 6) is -0.346. The van der Waals surface area contributed by atoms with Crippen molar-refractivity contribution in [1.29, 1.82) is 5.26 Å². The number of hydrogen-bond donors (Lipinski definition) is 1. The van der Waals surface area contributed by atoms with Gasteiger partial charge in [-0.2, -0.15) is 5.26 Å². The minimum Gasteiger partial charge on any atom is -0.493 e. The van der Waals surface area contributed by atoms with Gasteiger partial charge in [-0.3, -0.25) is 14.9 Å². The molecule has 3 aromatic rings. The van der Waals surface area contributed by atoms with Gasteiger partial charge < -0.3 is 14.8 Å². The zero-order chi connectivity index (χ0) is 24.7. The Morgan fingerprint density at radius 3 is 2.53 bits per heavy atom. The number of halogens is 1. The van der Waals surface area contributed by atoms with Gasteiger partial charge in [-0.05, 0) is 60.0 Å². The van der Waals surface area contributed by atoms with Crippen molar-refractivity contribution < 1.29 is 23.6 Å². The van der Waals surface area contributed by atoms with Gasteiger partial charge in [0.05, 0.1) is 12.0 Å². The molecule has 0 aromatic heterocycles. The monoisotopic (exact) mass is 461 g/mol. The molecule has 0 aliphatic rings. The Morgan fingerprint density at radius 1 is 1.15 bits per heavy atom. The number of benzene rings is 3. The van der Waals surface area contributed by atoms with E-state index in [0.29, 0.717) is 22.6 Å². The lowest BCUT2D eigenvalue weighted by atomic mass is 10.1. The zero-order valence-corrected chi connectivity index (χ0v) is 18.4. The number of nitrogens with zero attached hydrogens (tertiary/aromatic N) is 2. The van der Waals surface area contributed by atoms with Gasteiger partial charge in [0.2, 0.25) is 0 Å². The highest BCUT2D eigenvalue weighted by Gasteiger charge is 2.18. The second-order valence-electron chi connectivity index (χ2n) is 7.23. The third-order valence-electron chi connectivity index (χ3n) is 4.77. The Bertz CT molecular complexity index is 1300. The topological polar surface area (TPSA) is 114 Å². The molecule has 0 aliphatic heterocycles. The summed E-state index contributed by atoms with van der Waals surface area (Å²) < 4.78 is 24.1. The second-order valence-corrected chi connectivity index (χ2v) is 7.23. The van der Waals surface area contributed by atoms with Crippen LogP contribution >= 0.6 is 0 Å². The fraction of sp³-hybridized carbons (Fsp3) is 0.120. The highest BCUT2D eigenvalue weighted by atomic mass is 19.1. The molecule has 0 saturated carbocycles. The van der Waals surface area contributed by atoms with Gasteiger partial charge in [-0.1, -0.05) is 24.3 Å². The molecule has 0 fully saturated rings. The van der Waals surface area contributed by atoms with Crippen LogP contribution in [0.3, 0.4) is 0 Å². The normalized spacial score (nSPS) is 10.8. The summed E-state index contributed by atoms with van der Waals surface area (Å²) in [5, 5.41) is 23.2. The summed E-state index contributed by atoms with van der Waals surface area (Å²) in [6.45, 7) is 1.88. The summed E-state index contributed by atoms with van der Waals surface area (Å²) in [6.07, 6.45) is 1.33. The molecule has 8 nitrogen and oxygen atoms in total. The number of aryl methyl sites for hydroxylation is 1. The van der Waals surface area contributed by atoms with Crippen molar-refractivity contribution in [1.82, 2.24) is 0 Å². The number of ether oxygens (including phenoxy) is 2. The number of anilines is 1. The lowest BCUT2D eigenvalue weighted by Gasteiger charge is -2.12. The summed E-state index contributed by atoms with van der Waals surface area (Å²) in [4.78, 5) is 23.3. The van der Waals surface area contributed by atoms with E-state index in [2.05, 4.69) is 5.32 Å². The highest BCUT2D eigenvalue weighted by Crippen LogP contribution is 2.30. The van der Waals surface area contributed by atoms with Crippen molar-refractivity contribution in [2.45, 2.75) is 13.5 Å². The van der Waals surface area contributed by atoms with Crippen molar-refractivity contribution in [3.8, 4) is 17.6 Å². The highest BCUT2D eigenvalue weighted by molar-refractivity contribution is 6.10. The number of hydrogen-bond acceptors (Lipinski definition) is 6. The Morgan fingerprint density at radius 2 is 1.88 bits per heavy atom. The molecule has 1 N–H and O–H groups in total. The average molecular weight is 461 g/mol. The fourth-order valence-electron chi connectivity index (χ4n) is 3.04. The van der Waals surface area contributed by atoms with Crippen LogP contribution in [-0.2, 0) is 11.4 Å². The summed E-state index contributed by atoms with van der Waals surface area (Å²) in [6, 6.07) is 16.9. The number of amides is 1. The van der Waals surface area contributed by atoms with E-state index >= 15 is 0 Å². The molecule has 0 heterocycles. The maximum absolute atomic E-state index is 13.0. The number of nitrogens with one attached hydrogen (secondary N) is 1. The number of nitro groups is 1. The van der Waals surface area contributed by atoms with E-state index in [1.807, 2.05) is 6.07 Å². The first kappa shape index (κ1) is 23.9. The smallest absolute Gasteiger partial charge is 0.293 e. The zero-order valence-electron chi connectivity index (χ0n) is 18.4. The predicted molar refractivity (Wildman–Crippen MR) is 124 cm³/mol. The van der Waals surface area contributed by atoms with Crippen LogP contribution in [0.5, 0.6) is 11.5 Å². The standard InChI is InChI=1S/C25H20FN3O5/c1-16-3-9-21(22(11-16)29(31)32)28-25(30)19(14-27)12-18-6-10-23(24(13-18)33-2)34-15-17-4-7-20(26)8-5-17/h3-13H,15H2,1-2H3,(H,28,30)/b19-12+. The van der Waals surface area contributed by atoms with Gasteiger partial charge in [0.1, 0.15) is 29.8 Å². The maximum atomic E-state index is 13.0. The summed E-state index contributed by atoms with van der Waals surface area (Å²) in [5.41, 5.74) is 1.38. The van der Waals surface area contributed by atoms with Gasteiger partial charge in [-0.15, -0.1) is 0 Å². The number of carbonyl (C=O) groups excluding carboxylic acids is 1. The molecule has 0 atom stereocenters. The predicted octanol–water partition coefficient (Wildman–Crippen LogP) is 5.18. The van der Waals surface area contributed by atoms with E-state index in [1.54, 1.807) is 43.3 Å². The molecule has 0 saturated heterocycles. The van der Waals surface area contributed by atoms with Gasteiger partial charge in [0.25, 0.3) is 11.6 Å². The van der Waals surface area contributed by atoms with Gasteiger partial charge in [0.15, 0.2) is 11.5 Å². The molecule has 172 valence electrons. The third kappa shape index (κ3) is 5.95.